The van der Waals surface area contributed by atoms with Crippen molar-refractivity contribution in [2.45, 2.75) is 25.0 Å². The molecule has 3 amide bonds. The zero-order chi connectivity index (χ0) is 25.8. The minimum Gasteiger partial charge on any atom is -0.353 e. The topological polar surface area (TPSA) is 90.0 Å². The van der Waals surface area contributed by atoms with Crippen molar-refractivity contribution < 1.29 is 18.8 Å². The Labute approximate surface area is 218 Å². The highest BCUT2D eigenvalue weighted by atomic mass is 35.5. The van der Waals surface area contributed by atoms with Crippen LogP contribution in [0.15, 0.2) is 35.5 Å². The fourth-order valence-corrected chi connectivity index (χ4v) is 5.34. The van der Waals surface area contributed by atoms with Crippen molar-refractivity contribution in [3.63, 3.8) is 0 Å². The molecule has 2 aromatic rings. The summed E-state index contributed by atoms with van der Waals surface area (Å²) in [6, 6.07) is 7.25. The van der Waals surface area contributed by atoms with Gasteiger partial charge < -0.3 is 19.6 Å². The molecule has 0 N–H and O–H groups in total. The number of aromatic nitrogens is 2. The van der Waals surface area contributed by atoms with Crippen molar-refractivity contribution in [1.82, 2.24) is 24.7 Å². The van der Waals surface area contributed by atoms with Crippen LogP contribution in [0.25, 0.3) is 0 Å². The van der Waals surface area contributed by atoms with E-state index in [-0.39, 0.29) is 34.7 Å². The predicted octanol–water partition coefficient (Wildman–Crippen LogP) is 2.40. The lowest BCUT2D eigenvalue weighted by molar-refractivity contribution is -0.136. The number of nitrogens with zero attached hydrogens (tertiary/aromatic N) is 6. The van der Waals surface area contributed by atoms with Gasteiger partial charge in [-0.05, 0) is 25.1 Å². The molecule has 0 saturated carbocycles. The average molecular weight is 535 g/mol. The van der Waals surface area contributed by atoms with Gasteiger partial charge in [0.1, 0.15) is 16.8 Å². The molecule has 0 bridgehead atoms. The molecule has 12 heteroatoms. The minimum absolute atomic E-state index is 0.0183. The molecule has 9 nitrogen and oxygen atoms in total. The lowest BCUT2D eigenvalue weighted by atomic mass is 10.1. The summed E-state index contributed by atoms with van der Waals surface area (Å²) in [7, 11) is 0. The van der Waals surface area contributed by atoms with E-state index in [2.05, 4.69) is 9.97 Å². The second-order valence-electron chi connectivity index (χ2n) is 8.81. The number of hydrogen-bond acceptors (Lipinski definition) is 7. The summed E-state index contributed by atoms with van der Waals surface area (Å²) in [5, 5.41) is 0.676. The van der Waals surface area contributed by atoms with Crippen molar-refractivity contribution in [2.24, 2.45) is 0 Å². The number of carbonyl (C=O) groups excluding carboxylic acids is 3. The molecule has 1 aromatic carbocycles. The highest BCUT2D eigenvalue weighted by Crippen LogP contribution is 2.25. The molecule has 36 heavy (non-hydrogen) atoms. The quantitative estimate of drug-likeness (QED) is 0.330. The van der Waals surface area contributed by atoms with Gasteiger partial charge in [-0.15, -0.1) is 0 Å². The lowest BCUT2D eigenvalue weighted by Gasteiger charge is -2.40. The van der Waals surface area contributed by atoms with Crippen molar-refractivity contribution in [2.75, 3.05) is 56.5 Å². The molecule has 2 fully saturated rings. The van der Waals surface area contributed by atoms with Gasteiger partial charge in [0.2, 0.25) is 11.8 Å². The first-order valence-corrected chi connectivity index (χ1v) is 13.1. The van der Waals surface area contributed by atoms with E-state index in [1.54, 1.807) is 26.8 Å². The molecule has 192 valence electrons. The monoisotopic (exact) mass is 534 g/mol. The molecular weight excluding hydrogens is 507 g/mol. The van der Waals surface area contributed by atoms with E-state index in [0.29, 0.717) is 62.4 Å². The van der Waals surface area contributed by atoms with Crippen LogP contribution >= 0.6 is 23.4 Å². The van der Waals surface area contributed by atoms with Crippen LogP contribution in [-0.4, -0.2) is 100.0 Å². The number of benzene rings is 1. The molecule has 1 atom stereocenters. The van der Waals surface area contributed by atoms with Crippen LogP contribution < -0.4 is 4.90 Å². The van der Waals surface area contributed by atoms with Crippen LogP contribution in [0, 0.1) is 5.82 Å². The third kappa shape index (κ3) is 6.25. The number of amides is 3. The van der Waals surface area contributed by atoms with Gasteiger partial charge in [-0.2, -0.15) is 0 Å². The maximum absolute atomic E-state index is 13.6. The van der Waals surface area contributed by atoms with Crippen LogP contribution in [0.3, 0.4) is 0 Å². The number of hydrogen-bond donors (Lipinski definition) is 0. The molecule has 2 saturated heterocycles. The Morgan fingerprint density at radius 3 is 2.44 bits per heavy atom. The third-order valence-electron chi connectivity index (χ3n) is 6.35. The van der Waals surface area contributed by atoms with Crippen LogP contribution in [0.1, 0.15) is 24.2 Å². The smallest absolute Gasteiger partial charge is 0.254 e. The van der Waals surface area contributed by atoms with E-state index >= 15 is 0 Å². The zero-order valence-electron chi connectivity index (χ0n) is 20.2. The van der Waals surface area contributed by atoms with E-state index in [9.17, 15) is 18.8 Å². The van der Waals surface area contributed by atoms with E-state index in [4.69, 9.17) is 11.6 Å². The maximum Gasteiger partial charge on any atom is 0.254 e. The summed E-state index contributed by atoms with van der Waals surface area (Å²) in [4.78, 5) is 53.1. The van der Waals surface area contributed by atoms with Crippen LogP contribution in [-0.2, 0) is 9.59 Å². The fraction of sp³-hybridized carbons (Fsp3) is 0.458. The summed E-state index contributed by atoms with van der Waals surface area (Å²) < 4.78 is 13.6. The average Bonchev–Trinajstić information content (AvgIpc) is 2.86. The van der Waals surface area contributed by atoms with Gasteiger partial charge in [0.05, 0.1) is 5.75 Å². The Kier molecular flexibility index (Phi) is 8.30. The number of carbonyl (C=O) groups is 3. The first kappa shape index (κ1) is 26.2. The molecule has 4 rings (SSSR count). The molecule has 3 heterocycles. The molecular formula is C24H28ClFN6O3S. The second kappa shape index (κ2) is 11.4. The number of piperazine rings is 2. The maximum atomic E-state index is 13.6. The lowest BCUT2D eigenvalue weighted by Crippen LogP contribution is -2.54. The molecule has 0 spiro atoms. The number of anilines is 1. The van der Waals surface area contributed by atoms with Gasteiger partial charge in [-0.1, -0.05) is 29.4 Å². The predicted molar refractivity (Wildman–Crippen MR) is 136 cm³/mol. The second-order valence-corrected chi connectivity index (χ2v) is 10.1. The Morgan fingerprint density at radius 2 is 1.78 bits per heavy atom. The van der Waals surface area contributed by atoms with Gasteiger partial charge in [-0.3, -0.25) is 14.4 Å². The molecule has 0 aliphatic carbocycles. The van der Waals surface area contributed by atoms with E-state index in [1.165, 1.54) is 36.9 Å². The van der Waals surface area contributed by atoms with E-state index < -0.39 is 5.82 Å². The molecule has 1 aromatic heterocycles. The minimum atomic E-state index is -0.440. The summed E-state index contributed by atoms with van der Waals surface area (Å²) in [5.41, 5.74) is 0.325. The summed E-state index contributed by atoms with van der Waals surface area (Å²) in [6.07, 6.45) is 0. The summed E-state index contributed by atoms with van der Waals surface area (Å²) in [6.45, 7) is 7.07. The van der Waals surface area contributed by atoms with Crippen LogP contribution in [0.5, 0.6) is 0 Å². The highest BCUT2D eigenvalue weighted by Gasteiger charge is 2.29. The highest BCUT2D eigenvalue weighted by molar-refractivity contribution is 7.99. The summed E-state index contributed by atoms with van der Waals surface area (Å²) in [5.74, 6) is 0.137. The molecule has 1 unspecified atom stereocenters. The van der Waals surface area contributed by atoms with Gasteiger partial charge in [0.15, 0.2) is 5.16 Å². The van der Waals surface area contributed by atoms with Gasteiger partial charge >= 0.3 is 0 Å². The standard InChI is InChI=1S/C24H28ClFN6O3S/c1-16-14-31(10-11-32(16)23(35)18-4-3-5-19(26)12-18)21-13-20(25)27-24(28-21)36-15-22(34)30-8-6-29(7-9-30)17(2)33/h3-5,12-13,16H,6-11,14-15H2,1-2H3. The number of rotatable bonds is 5. The Morgan fingerprint density at radius 1 is 1.06 bits per heavy atom. The Bertz CT molecular complexity index is 1150. The normalized spacial score (nSPS) is 18.4. The Hall–Kier alpha value is -2.92. The third-order valence-corrected chi connectivity index (χ3v) is 7.37. The van der Waals surface area contributed by atoms with Crippen LogP contribution in [0.2, 0.25) is 5.15 Å². The van der Waals surface area contributed by atoms with E-state index in [0.717, 1.165) is 0 Å². The molecule has 2 aliphatic heterocycles. The van der Waals surface area contributed by atoms with Gasteiger partial charge in [0.25, 0.3) is 5.91 Å². The molecule has 2 aliphatic rings. The van der Waals surface area contributed by atoms with Crippen molar-refractivity contribution in [3.8, 4) is 0 Å². The number of thioether (sulfide) groups is 1. The Balaban J connectivity index is 1.35. The zero-order valence-corrected chi connectivity index (χ0v) is 21.8. The number of halogens is 2. The fourth-order valence-electron chi connectivity index (χ4n) is 4.36. The van der Waals surface area contributed by atoms with Gasteiger partial charge in [0, 0.05) is 70.4 Å². The SMILES string of the molecule is CC(=O)N1CCN(C(=O)CSc2nc(Cl)cc(N3CCN(C(=O)c4cccc(F)c4)C(C)C3)n2)CC1. The van der Waals surface area contributed by atoms with E-state index in [1.807, 2.05) is 11.8 Å². The van der Waals surface area contributed by atoms with Crippen LogP contribution in [0.4, 0.5) is 10.2 Å². The van der Waals surface area contributed by atoms with Crippen molar-refractivity contribution >= 4 is 46.9 Å². The first-order valence-electron chi connectivity index (χ1n) is 11.7. The van der Waals surface area contributed by atoms with Crippen molar-refractivity contribution in [1.29, 1.82) is 0 Å². The molecule has 0 radical (unpaired) electrons. The van der Waals surface area contributed by atoms with Crippen molar-refractivity contribution in [3.05, 3.63) is 46.9 Å². The van der Waals surface area contributed by atoms with Gasteiger partial charge in [-0.25, -0.2) is 14.4 Å². The first-order chi connectivity index (χ1) is 17.2. The summed E-state index contributed by atoms with van der Waals surface area (Å²) >= 11 is 7.49. The largest absolute Gasteiger partial charge is 0.353 e.